The number of nitriles is 1. The smallest absolute Gasteiger partial charge is 0.265 e. The number of hydrogen-bond donors (Lipinski definition) is 1. The van der Waals surface area contributed by atoms with Gasteiger partial charge < -0.3 is 10.1 Å². The van der Waals surface area contributed by atoms with Crippen LogP contribution in [0.1, 0.15) is 18.1 Å². The van der Waals surface area contributed by atoms with Crippen LogP contribution in [-0.4, -0.2) is 12.0 Å². The summed E-state index contributed by atoms with van der Waals surface area (Å²) in [5, 5.41) is 11.8. The largest absolute Gasteiger partial charge is 0.481 e. The Morgan fingerprint density at radius 3 is 2.55 bits per heavy atom. The highest BCUT2D eigenvalue weighted by molar-refractivity contribution is 6.32. The summed E-state index contributed by atoms with van der Waals surface area (Å²) in [7, 11) is 0. The number of ether oxygens (including phenoxy) is 1. The zero-order valence-corrected chi connectivity index (χ0v) is 13.0. The number of amides is 1. The van der Waals surface area contributed by atoms with E-state index in [1.807, 2.05) is 37.3 Å². The van der Waals surface area contributed by atoms with E-state index in [9.17, 15) is 4.79 Å². The summed E-state index contributed by atoms with van der Waals surface area (Å²) in [6, 6.07) is 14.2. The van der Waals surface area contributed by atoms with E-state index in [4.69, 9.17) is 21.6 Å². The Bertz CT molecular complexity index is 720. The van der Waals surface area contributed by atoms with Crippen molar-refractivity contribution in [3.05, 3.63) is 58.6 Å². The zero-order chi connectivity index (χ0) is 16.1. The molecule has 1 amide bonds. The second kappa shape index (κ2) is 6.97. The lowest BCUT2D eigenvalue weighted by Crippen LogP contribution is -2.30. The molecule has 0 aliphatic heterocycles. The lowest BCUT2D eigenvalue weighted by atomic mass is 10.2. The molecule has 112 valence electrons. The van der Waals surface area contributed by atoms with Crippen LogP contribution in [0.2, 0.25) is 5.02 Å². The van der Waals surface area contributed by atoms with E-state index in [1.54, 1.807) is 19.1 Å². The maximum Gasteiger partial charge on any atom is 0.265 e. The first-order chi connectivity index (χ1) is 10.5. The standard InChI is InChI=1S/C17H15ClN2O2/c1-11-3-7-15(8-4-11)22-12(2)17(21)20-14-6-5-13(10-19)16(18)9-14/h3-9,12H,1-2H3,(H,20,21). The maximum atomic E-state index is 12.1. The number of carbonyl (C=O) groups excluding carboxylic acids is 1. The van der Waals surface area contributed by atoms with Gasteiger partial charge in [0.2, 0.25) is 0 Å². The molecular weight excluding hydrogens is 300 g/mol. The minimum Gasteiger partial charge on any atom is -0.481 e. The van der Waals surface area contributed by atoms with Gasteiger partial charge in [-0.05, 0) is 44.2 Å². The van der Waals surface area contributed by atoms with Gasteiger partial charge >= 0.3 is 0 Å². The van der Waals surface area contributed by atoms with Crippen LogP contribution in [0, 0.1) is 18.3 Å². The van der Waals surface area contributed by atoms with Gasteiger partial charge in [-0.1, -0.05) is 29.3 Å². The highest BCUT2D eigenvalue weighted by Crippen LogP contribution is 2.21. The van der Waals surface area contributed by atoms with Crippen LogP contribution in [0.4, 0.5) is 5.69 Å². The highest BCUT2D eigenvalue weighted by Gasteiger charge is 2.15. The lowest BCUT2D eigenvalue weighted by molar-refractivity contribution is -0.122. The van der Waals surface area contributed by atoms with Crippen LogP contribution in [0.3, 0.4) is 0 Å². The van der Waals surface area contributed by atoms with E-state index in [0.717, 1.165) is 5.56 Å². The van der Waals surface area contributed by atoms with Gasteiger partial charge in [-0.25, -0.2) is 0 Å². The summed E-state index contributed by atoms with van der Waals surface area (Å²) in [6.07, 6.45) is -0.655. The van der Waals surface area contributed by atoms with Crippen molar-refractivity contribution in [2.24, 2.45) is 0 Å². The number of nitrogens with zero attached hydrogens (tertiary/aromatic N) is 1. The van der Waals surface area contributed by atoms with Crippen LogP contribution in [-0.2, 0) is 4.79 Å². The first kappa shape index (κ1) is 15.9. The minimum atomic E-state index is -0.655. The molecule has 0 saturated heterocycles. The van der Waals surface area contributed by atoms with Crippen molar-refractivity contribution >= 4 is 23.2 Å². The Hall–Kier alpha value is -2.51. The second-order valence-electron chi connectivity index (χ2n) is 4.87. The van der Waals surface area contributed by atoms with Gasteiger partial charge in [-0.3, -0.25) is 4.79 Å². The number of nitrogens with one attached hydrogen (secondary N) is 1. The van der Waals surface area contributed by atoms with E-state index in [-0.39, 0.29) is 5.91 Å². The van der Waals surface area contributed by atoms with Gasteiger partial charge in [-0.2, -0.15) is 5.26 Å². The Kier molecular flexibility index (Phi) is 5.03. The fraction of sp³-hybridized carbons (Fsp3) is 0.176. The monoisotopic (exact) mass is 314 g/mol. The molecule has 0 aliphatic carbocycles. The molecule has 0 radical (unpaired) electrons. The third-order valence-corrected chi connectivity index (χ3v) is 3.37. The summed E-state index contributed by atoms with van der Waals surface area (Å²) in [5.41, 5.74) is 2.01. The summed E-state index contributed by atoms with van der Waals surface area (Å²) in [5.74, 6) is 0.340. The molecule has 2 rings (SSSR count). The molecule has 5 heteroatoms. The SMILES string of the molecule is Cc1ccc(OC(C)C(=O)Nc2ccc(C#N)c(Cl)c2)cc1. The third kappa shape index (κ3) is 4.00. The van der Waals surface area contributed by atoms with Crippen molar-refractivity contribution in [2.45, 2.75) is 20.0 Å². The molecule has 0 heterocycles. The maximum absolute atomic E-state index is 12.1. The molecule has 0 bridgehead atoms. The van der Waals surface area contributed by atoms with Crippen LogP contribution in [0.25, 0.3) is 0 Å². The molecule has 1 N–H and O–H groups in total. The van der Waals surface area contributed by atoms with Crippen molar-refractivity contribution in [3.63, 3.8) is 0 Å². The first-order valence-corrected chi connectivity index (χ1v) is 7.11. The number of anilines is 1. The normalized spacial score (nSPS) is 11.4. The number of carbonyl (C=O) groups is 1. The van der Waals surface area contributed by atoms with E-state index in [2.05, 4.69) is 5.32 Å². The van der Waals surface area contributed by atoms with Crippen molar-refractivity contribution < 1.29 is 9.53 Å². The van der Waals surface area contributed by atoms with Gasteiger partial charge in [-0.15, -0.1) is 0 Å². The third-order valence-electron chi connectivity index (χ3n) is 3.06. The summed E-state index contributed by atoms with van der Waals surface area (Å²) in [6.45, 7) is 3.65. The highest BCUT2D eigenvalue weighted by atomic mass is 35.5. The zero-order valence-electron chi connectivity index (χ0n) is 12.3. The predicted molar refractivity (Wildman–Crippen MR) is 86.1 cm³/mol. The van der Waals surface area contributed by atoms with Crippen molar-refractivity contribution in [3.8, 4) is 11.8 Å². The van der Waals surface area contributed by atoms with E-state index in [0.29, 0.717) is 22.0 Å². The summed E-state index contributed by atoms with van der Waals surface area (Å²) in [4.78, 5) is 12.1. The van der Waals surface area contributed by atoms with E-state index < -0.39 is 6.10 Å². The molecule has 0 aliphatic rings. The van der Waals surface area contributed by atoms with Crippen LogP contribution in [0.15, 0.2) is 42.5 Å². The lowest BCUT2D eigenvalue weighted by Gasteiger charge is -2.15. The molecule has 0 saturated carbocycles. The van der Waals surface area contributed by atoms with E-state index in [1.165, 1.54) is 6.07 Å². The molecule has 1 atom stereocenters. The van der Waals surface area contributed by atoms with Gasteiger partial charge in [0.05, 0.1) is 10.6 Å². The van der Waals surface area contributed by atoms with Crippen molar-refractivity contribution in [1.82, 2.24) is 0 Å². The minimum absolute atomic E-state index is 0.290. The summed E-state index contributed by atoms with van der Waals surface area (Å²) >= 11 is 5.93. The van der Waals surface area contributed by atoms with Crippen LogP contribution in [0.5, 0.6) is 5.75 Å². The van der Waals surface area contributed by atoms with Crippen molar-refractivity contribution in [2.75, 3.05) is 5.32 Å². The Labute approximate surface area is 134 Å². The molecule has 1 unspecified atom stereocenters. The molecular formula is C17H15ClN2O2. The van der Waals surface area contributed by atoms with Crippen LogP contribution < -0.4 is 10.1 Å². The second-order valence-corrected chi connectivity index (χ2v) is 5.28. The molecule has 2 aromatic carbocycles. The average Bonchev–Trinajstić information content (AvgIpc) is 2.49. The van der Waals surface area contributed by atoms with Crippen LogP contribution >= 0.6 is 11.6 Å². The summed E-state index contributed by atoms with van der Waals surface area (Å²) < 4.78 is 5.58. The van der Waals surface area contributed by atoms with Gasteiger partial charge in [0.1, 0.15) is 11.8 Å². The Morgan fingerprint density at radius 1 is 1.27 bits per heavy atom. The fourth-order valence-corrected chi connectivity index (χ4v) is 2.02. The molecule has 2 aromatic rings. The quantitative estimate of drug-likeness (QED) is 0.930. The number of benzene rings is 2. The molecule has 22 heavy (non-hydrogen) atoms. The molecule has 0 aromatic heterocycles. The van der Waals surface area contributed by atoms with Gasteiger partial charge in [0, 0.05) is 5.69 Å². The molecule has 0 spiro atoms. The number of hydrogen-bond acceptors (Lipinski definition) is 3. The van der Waals surface area contributed by atoms with Gasteiger partial charge in [0.25, 0.3) is 5.91 Å². The van der Waals surface area contributed by atoms with Gasteiger partial charge in [0.15, 0.2) is 6.10 Å². The fourth-order valence-electron chi connectivity index (χ4n) is 1.80. The molecule has 0 fully saturated rings. The van der Waals surface area contributed by atoms with Crippen molar-refractivity contribution in [1.29, 1.82) is 5.26 Å². The Morgan fingerprint density at radius 2 is 1.95 bits per heavy atom. The number of aryl methyl sites for hydroxylation is 1. The number of rotatable bonds is 4. The average molecular weight is 315 g/mol. The first-order valence-electron chi connectivity index (χ1n) is 6.73. The molecule has 4 nitrogen and oxygen atoms in total. The number of halogens is 1. The predicted octanol–water partition coefficient (Wildman–Crippen LogP) is 3.93. The van der Waals surface area contributed by atoms with E-state index >= 15 is 0 Å². The topological polar surface area (TPSA) is 62.1 Å². The Balaban J connectivity index is 2.00.